The van der Waals surface area contributed by atoms with E-state index >= 15 is 0 Å². The predicted molar refractivity (Wildman–Crippen MR) is 68.3 cm³/mol. The Bertz CT molecular complexity index is 436. The summed E-state index contributed by atoms with van der Waals surface area (Å²) in [5, 5.41) is 3.14. The van der Waals surface area contributed by atoms with Crippen molar-refractivity contribution in [3.63, 3.8) is 0 Å². The molecule has 108 valence electrons. The Kier molecular flexibility index (Phi) is 5.04. The van der Waals surface area contributed by atoms with E-state index in [1.807, 2.05) is 6.92 Å². The van der Waals surface area contributed by atoms with Crippen LogP contribution in [0.15, 0.2) is 18.2 Å². The van der Waals surface area contributed by atoms with Crippen molar-refractivity contribution >= 4 is 18.1 Å². The second kappa shape index (κ2) is 5.96. The molecule has 1 aromatic rings. The minimum absolute atomic E-state index is 0. The molecule has 1 atom stereocenters. The highest BCUT2D eigenvalue weighted by Gasteiger charge is 2.32. The largest absolute Gasteiger partial charge is 0.416 e. The Morgan fingerprint density at radius 3 is 2.53 bits per heavy atom. The molecule has 0 spiro atoms. The number of hydrogen-bond donors (Lipinski definition) is 1. The molecule has 0 radical (unpaired) electrons. The minimum Gasteiger partial charge on any atom is -0.366 e. The minimum atomic E-state index is -4.52. The lowest BCUT2D eigenvalue weighted by atomic mass is 10.1. The maximum Gasteiger partial charge on any atom is 0.416 e. The number of anilines is 1. The SMILES string of the molecule is C[C@H]1CNCCN1c1cc(F)cc(C(F)(F)F)c1.Cl. The lowest BCUT2D eigenvalue weighted by molar-refractivity contribution is -0.137. The van der Waals surface area contributed by atoms with E-state index in [4.69, 9.17) is 0 Å². The van der Waals surface area contributed by atoms with Crippen molar-refractivity contribution < 1.29 is 17.6 Å². The highest BCUT2D eigenvalue weighted by atomic mass is 35.5. The normalized spacial score (nSPS) is 20.1. The smallest absolute Gasteiger partial charge is 0.366 e. The van der Waals surface area contributed by atoms with Crippen molar-refractivity contribution in [3.8, 4) is 0 Å². The zero-order valence-corrected chi connectivity index (χ0v) is 11.1. The van der Waals surface area contributed by atoms with Crippen molar-refractivity contribution in [2.24, 2.45) is 0 Å². The zero-order chi connectivity index (χ0) is 13.3. The van der Waals surface area contributed by atoms with Crippen LogP contribution in [0, 0.1) is 5.82 Å². The van der Waals surface area contributed by atoms with Gasteiger partial charge in [-0.25, -0.2) is 4.39 Å². The van der Waals surface area contributed by atoms with E-state index in [0.29, 0.717) is 25.7 Å². The average Bonchev–Trinajstić information content (AvgIpc) is 2.27. The zero-order valence-electron chi connectivity index (χ0n) is 10.3. The second-order valence-electron chi connectivity index (χ2n) is 4.44. The second-order valence-corrected chi connectivity index (χ2v) is 4.44. The summed E-state index contributed by atoms with van der Waals surface area (Å²) in [6, 6.07) is 2.72. The number of piperazine rings is 1. The van der Waals surface area contributed by atoms with Crippen LogP contribution in [0.3, 0.4) is 0 Å². The van der Waals surface area contributed by atoms with Crippen molar-refractivity contribution in [3.05, 3.63) is 29.6 Å². The van der Waals surface area contributed by atoms with E-state index in [1.165, 1.54) is 0 Å². The molecule has 2 rings (SSSR count). The molecule has 1 aromatic carbocycles. The molecular formula is C12H15ClF4N2. The van der Waals surface area contributed by atoms with Crippen molar-refractivity contribution in [1.82, 2.24) is 5.32 Å². The van der Waals surface area contributed by atoms with Crippen LogP contribution in [0.1, 0.15) is 12.5 Å². The summed E-state index contributed by atoms with van der Waals surface area (Å²) in [7, 11) is 0. The third-order valence-corrected chi connectivity index (χ3v) is 3.04. The number of benzene rings is 1. The van der Waals surface area contributed by atoms with Gasteiger partial charge in [-0.3, -0.25) is 0 Å². The molecule has 1 fully saturated rings. The fourth-order valence-electron chi connectivity index (χ4n) is 2.13. The first-order valence-electron chi connectivity index (χ1n) is 5.73. The van der Waals surface area contributed by atoms with Gasteiger partial charge in [0.15, 0.2) is 0 Å². The first-order valence-corrected chi connectivity index (χ1v) is 5.73. The van der Waals surface area contributed by atoms with Crippen molar-refractivity contribution in [2.75, 3.05) is 24.5 Å². The molecule has 0 amide bonds. The molecule has 0 aromatic heterocycles. The van der Waals surface area contributed by atoms with E-state index < -0.39 is 17.6 Å². The van der Waals surface area contributed by atoms with Gasteiger partial charge >= 0.3 is 6.18 Å². The van der Waals surface area contributed by atoms with Gasteiger partial charge in [0.25, 0.3) is 0 Å². The highest BCUT2D eigenvalue weighted by Crippen LogP contribution is 2.33. The van der Waals surface area contributed by atoms with Crippen LogP contribution in [0.5, 0.6) is 0 Å². The fraction of sp³-hybridized carbons (Fsp3) is 0.500. The molecule has 0 aliphatic carbocycles. The molecule has 7 heteroatoms. The van der Waals surface area contributed by atoms with Gasteiger partial charge in [-0.1, -0.05) is 0 Å². The van der Waals surface area contributed by atoms with Crippen LogP contribution in [-0.2, 0) is 6.18 Å². The Morgan fingerprint density at radius 2 is 1.95 bits per heavy atom. The summed E-state index contributed by atoms with van der Waals surface area (Å²) in [5.74, 6) is -0.856. The fourth-order valence-corrected chi connectivity index (χ4v) is 2.13. The lowest BCUT2D eigenvalue weighted by Gasteiger charge is -2.36. The molecule has 1 N–H and O–H groups in total. The van der Waals surface area contributed by atoms with E-state index in [2.05, 4.69) is 5.32 Å². The van der Waals surface area contributed by atoms with E-state index in [1.54, 1.807) is 4.90 Å². The summed E-state index contributed by atoms with van der Waals surface area (Å²) in [6.45, 7) is 3.83. The molecule has 1 aliphatic rings. The first-order chi connectivity index (χ1) is 8.38. The van der Waals surface area contributed by atoms with Gasteiger partial charge in [-0.15, -0.1) is 12.4 Å². The first kappa shape index (κ1) is 16.0. The third-order valence-electron chi connectivity index (χ3n) is 3.04. The number of nitrogens with one attached hydrogen (secondary N) is 1. The van der Waals surface area contributed by atoms with Crippen LogP contribution in [0.2, 0.25) is 0 Å². The number of rotatable bonds is 1. The Morgan fingerprint density at radius 1 is 1.26 bits per heavy atom. The Balaban J connectivity index is 0.00000180. The molecule has 1 heterocycles. The highest BCUT2D eigenvalue weighted by molar-refractivity contribution is 5.85. The number of nitrogens with zero attached hydrogens (tertiary/aromatic N) is 1. The maximum absolute atomic E-state index is 13.3. The molecule has 1 saturated heterocycles. The van der Waals surface area contributed by atoms with Crippen LogP contribution in [0.4, 0.5) is 23.2 Å². The van der Waals surface area contributed by atoms with E-state index in [0.717, 1.165) is 12.1 Å². The van der Waals surface area contributed by atoms with Crippen molar-refractivity contribution in [1.29, 1.82) is 0 Å². The molecule has 2 nitrogen and oxygen atoms in total. The van der Waals surface area contributed by atoms with Gasteiger partial charge in [-0.2, -0.15) is 13.2 Å². The molecule has 1 aliphatic heterocycles. The lowest BCUT2D eigenvalue weighted by Crippen LogP contribution is -2.50. The molecule has 0 saturated carbocycles. The van der Waals surface area contributed by atoms with Gasteiger partial charge in [0.2, 0.25) is 0 Å². The molecule has 19 heavy (non-hydrogen) atoms. The number of halogens is 5. The maximum atomic E-state index is 13.3. The van der Waals surface area contributed by atoms with Gasteiger partial charge < -0.3 is 10.2 Å². The number of hydrogen-bond acceptors (Lipinski definition) is 2. The van der Waals surface area contributed by atoms with E-state index in [9.17, 15) is 17.6 Å². The van der Waals surface area contributed by atoms with Gasteiger partial charge in [-0.05, 0) is 25.1 Å². The summed E-state index contributed by atoms with van der Waals surface area (Å²) in [4.78, 5) is 1.79. The quantitative estimate of drug-likeness (QED) is 0.802. The van der Waals surface area contributed by atoms with Crippen molar-refractivity contribution in [2.45, 2.75) is 19.1 Å². The molecule has 0 bridgehead atoms. The van der Waals surface area contributed by atoms with Crippen LogP contribution < -0.4 is 10.2 Å². The van der Waals surface area contributed by atoms with Crippen LogP contribution >= 0.6 is 12.4 Å². The third kappa shape index (κ3) is 3.73. The van der Waals surface area contributed by atoms with Gasteiger partial charge in [0, 0.05) is 31.4 Å². The Hall–Kier alpha value is -1.01. The predicted octanol–water partition coefficient (Wildman–Crippen LogP) is 3.06. The average molecular weight is 299 g/mol. The summed E-state index contributed by atoms with van der Waals surface area (Å²) < 4.78 is 51.1. The number of alkyl halides is 3. The van der Waals surface area contributed by atoms with E-state index in [-0.39, 0.29) is 24.1 Å². The molecular weight excluding hydrogens is 284 g/mol. The monoisotopic (exact) mass is 298 g/mol. The van der Waals surface area contributed by atoms with Crippen LogP contribution in [-0.4, -0.2) is 25.7 Å². The Labute approximate surface area is 115 Å². The standard InChI is InChI=1S/C12H14F4N2.ClH/c1-8-7-17-2-3-18(8)11-5-9(12(14,15)16)4-10(13)6-11;/h4-6,8,17H,2-3,7H2,1H3;1H/t8-;/m0./s1. The summed E-state index contributed by atoms with van der Waals surface area (Å²) in [5.41, 5.74) is -0.653. The van der Waals surface area contributed by atoms with Gasteiger partial charge in [0.1, 0.15) is 5.82 Å². The van der Waals surface area contributed by atoms with Gasteiger partial charge in [0.05, 0.1) is 5.56 Å². The topological polar surface area (TPSA) is 15.3 Å². The summed E-state index contributed by atoms with van der Waals surface area (Å²) in [6.07, 6.45) is -4.52. The molecule has 0 unspecified atom stereocenters. The summed E-state index contributed by atoms with van der Waals surface area (Å²) >= 11 is 0. The van der Waals surface area contributed by atoms with Crippen LogP contribution in [0.25, 0.3) is 0 Å².